The Labute approximate surface area is 249 Å². The number of carboxylic acid groups (broad SMARTS) is 1. The first-order chi connectivity index (χ1) is 20.5. The summed E-state index contributed by atoms with van der Waals surface area (Å²) in [5.74, 6) is -0.878. The van der Waals surface area contributed by atoms with Crippen molar-refractivity contribution in [2.24, 2.45) is 0 Å². The number of hydrogen-bond donors (Lipinski definition) is 1. The predicted octanol–water partition coefficient (Wildman–Crippen LogP) is 8.42. The van der Waals surface area contributed by atoms with Crippen molar-refractivity contribution in [2.45, 2.75) is 70.8 Å². The van der Waals surface area contributed by atoms with Crippen LogP contribution in [0.25, 0.3) is 11.1 Å². The van der Waals surface area contributed by atoms with Gasteiger partial charge in [-0.3, -0.25) is 9.69 Å². The number of hydrogen-bond acceptors (Lipinski definition) is 4. The van der Waals surface area contributed by atoms with Crippen LogP contribution in [0.15, 0.2) is 77.2 Å². The van der Waals surface area contributed by atoms with Gasteiger partial charge >= 0.3 is 12.1 Å². The highest BCUT2D eigenvalue weighted by Crippen LogP contribution is 2.35. The Hall–Kier alpha value is -4.04. The number of carbonyl (C=O) groups is 1. The van der Waals surface area contributed by atoms with Crippen LogP contribution in [0, 0.1) is 0 Å². The number of aryl methyl sites for hydroxylation is 1. The Morgan fingerprint density at radius 3 is 2.33 bits per heavy atom. The van der Waals surface area contributed by atoms with Gasteiger partial charge in [0.05, 0.1) is 19.1 Å². The summed E-state index contributed by atoms with van der Waals surface area (Å²) in [5.41, 5.74) is 6.16. The minimum Gasteiger partial charge on any atom is -0.496 e. The van der Waals surface area contributed by atoms with Gasteiger partial charge in [-0.25, -0.2) is 0 Å². The van der Waals surface area contributed by atoms with Crippen LogP contribution in [0.1, 0.15) is 66.0 Å². The van der Waals surface area contributed by atoms with Gasteiger partial charge in [0.1, 0.15) is 11.5 Å². The standard InChI is InChI=1S/C35H36F3NO4/c1-34(2,33(40)41)27-9-6-8-26(19-27)24-13-11-23(12-14-24)20-39(21-28-16-18-32(43-28)35(36,37)38)22-30-29-10-5-4-7-25(29)15-17-31(30)42-3/h6,8-9,11-19H,4-5,7,10,20-22H2,1-3H3,(H,40,41). The summed E-state index contributed by atoms with van der Waals surface area (Å²) in [4.78, 5) is 13.9. The summed E-state index contributed by atoms with van der Waals surface area (Å²) < 4.78 is 50.8. The average molecular weight is 592 g/mol. The summed E-state index contributed by atoms with van der Waals surface area (Å²) in [6.45, 7) is 4.52. The monoisotopic (exact) mass is 591 g/mol. The van der Waals surface area contributed by atoms with Gasteiger partial charge in [0.2, 0.25) is 5.76 Å². The first-order valence-electron chi connectivity index (χ1n) is 14.4. The predicted molar refractivity (Wildman–Crippen MR) is 159 cm³/mol. The Morgan fingerprint density at radius 1 is 0.907 bits per heavy atom. The molecule has 0 aliphatic heterocycles. The second-order valence-corrected chi connectivity index (χ2v) is 11.7. The molecule has 0 spiro atoms. The zero-order valence-electron chi connectivity index (χ0n) is 24.6. The molecule has 1 aliphatic rings. The topological polar surface area (TPSA) is 62.9 Å². The molecule has 5 rings (SSSR count). The van der Waals surface area contributed by atoms with E-state index >= 15 is 0 Å². The zero-order chi connectivity index (χ0) is 30.8. The first-order valence-corrected chi connectivity index (χ1v) is 14.4. The molecule has 0 unspecified atom stereocenters. The van der Waals surface area contributed by atoms with Crippen molar-refractivity contribution in [2.75, 3.05) is 7.11 Å². The number of methoxy groups -OCH3 is 1. The van der Waals surface area contributed by atoms with Crippen LogP contribution >= 0.6 is 0 Å². The lowest BCUT2D eigenvalue weighted by Gasteiger charge is -2.27. The summed E-state index contributed by atoms with van der Waals surface area (Å²) in [5, 5.41) is 9.65. The van der Waals surface area contributed by atoms with E-state index in [9.17, 15) is 23.1 Å². The fourth-order valence-electron chi connectivity index (χ4n) is 5.75. The Morgan fingerprint density at radius 2 is 1.65 bits per heavy atom. The Bertz CT molecular complexity index is 1590. The molecular weight excluding hydrogens is 555 g/mol. The first kappa shape index (κ1) is 30.4. The van der Waals surface area contributed by atoms with Crippen molar-refractivity contribution in [3.8, 4) is 16.9 Å². The lowest BCUT2D eigenvalue weighted by molar-refractivity contribution is -0.153. The maximum Gasteiger partial charge on any atom is 0.449 e. The Balaban J connectivity index is 1.43. The molecule has 0 bridgehead atoms. The molecule has 4 aromatic rings. The van der Waals surface area contributed by atoms with E-state index in [1.807, 2.05) is 54.6 Å². The molecule has 1 heterocycles. The second-order valence-electron chi connectivity index (χ2n) is 11.7. The second kappa shape index (κ2) is 12.3. The lowest BCUT2D eigenvalue weighted by Crippen LogP contribution is -2.28. The maximum atomic E-state index is 13.3. The number of rotatable bonds is 10. The van der Waals surface area contributed by atoms with Crippen molar-refractivity contribution >= 4 is 5.97 Å². The number of aliphatic carboxylic acids is 1. The van der Waals surface area contributed by atoms with Crippen molar-refractivity contribution in [1.29, 1.82) is 0 Å². The molecule has 0 saturated carbocycles. The molecule has 0 amide bonds. The SMILES string of the molecule is COc1ccc2c(c1CN(Cc1ccc(-c3cccc(C(C)(C)C(=O)O)c3)cc1)Cc1ccc(C(F)(F)F)o1)CCCC2. The molecule has 0 radical (unpaired) electrons. The van der Waals surface area contributed by atoms with Crippen LogP contribution in [0.4, 0.5) is 13.2 Å². The summed E-state index contributed by atoms with van der Waals surface area (Å²) in [6.07, 6.45) is -0.366. The number of carboxylic acids is 1. The third-order valence-electron chi connectivity index (χ3n) is 8.34. The molecule has 1 aliphatic carbocycles. The molecule has 1 aromatic heterocycles. The Kier molecular flexibility index (Phi) is 8.69. The van der Waals surface area contributed by atoms with E-state index in [1.165, 1.54) is 17.2 Å². The molecular formula is C35H36F3NO4. The molecule has 1 N–H and O–H groups in total. The zero-order valence-corrected chi connectivity index (χ0v) is 24.6. The van der Waals surface area contributed by atoms with Crippen LogP contribution in [0.2, 0.25) is 0 Å². The maximum absolute atomic E-state index is 13.3. The number of fused-ring (bicyclic) bond motifs is 1. The van der Waals surface area contributed by atoms with Gasteiger partial charge in [-0.15, -0.1) is 0 Å². The minimum absolute atomic E-state index is 0.191. The summed E-state index contributed by atoms with van der Waals surface area (Å²) >= 11 is 0. The molecule has 226 valence electrons. The molecule has 3 aromatic carbocycles. The van der Waals surface area contributed by atoms with E-state index in [0.717, 1.165) is 59.8 Å². The average Bonchev–Trinajstić information content (AvgIpc) is 3.47. The molecule has 43 heavy (non-hydrogen) atoms. The van der Waals surface area contributed by atoms with Gasteiger partial charge in [-0.1, -0.05) is 54.6 Å². The van der Waals surface area contributed by atoms with Gasteiger partial charge in [-0.05, 0) is 91.1 Å². The fraction of sp³-hybridized carbons (Fsp3) is 0.343. The molecule has 0 fully saturated rings. The highest BCUT2D eigenvalue weighted by molar-refractivity contribution is 5.81. The van der Waals surface area contributed by atoms with Crippen molar-refractivity contribution in [3.63, 3.8) is 0 Å². The van der Waals surface area contributed by atoms with Crippen molar-refractivity contribution in [3.05, 3.63) is 112 Å². The number of furan rings is 1. The quantitative estimate of drug-likeness (QED) is 0.201. The van der Waals surface area contributed by atoms with E-state index in [0.29, 0.717) is 18.7 Å². The van der Waals surface area contributed by atoms with Crippen LogP contribution in [0.3, 0.4) is 0 Å². The van der Waals surface area contributed by atoms with Crippen LogP contribution < -0.4 is 4.74 Å². The number of nitrogens with zero attached hydrogens (tertiary/aromatic N) is 1. The summed E-state index contributed by atoms with van der Waals surface area (Å²) in [7, 11) is 1.64. The third kappa shape index (κ3) is 6.80. The smallest absolute Gasteiger partial charge is 0.449 e. The van der Waals surface area contributed by atoms with Gasteiger partial charge in [-0.2, -0.15) is 13.2 Å². The molecule has 8 heteroatoms. The van der Waals surface area contributed by atoms with Crippen molar-refractivity contribution < 1.29 is 32.2 Å². The molecule has 5 nitrogen and oxygen atoms in total. The molecule has 0 saturated heterocycles. The highest BCUT2D eigenvalue weighted by atomic mass is 19.4. The number of benzene rings is 3. The third-order valence-corrected chi connectivity index (χ3v) is 8.34. The van der Waals surface area contributed by atoms with Gasteiger partial charge in [0, 0.05) is 18.7 Å². The minimum atomic E-state index is -4.54. The lowest BCUT2D eigenvalue weighted by atomic mass is 9.83. The van der Waals surface area contributed by atoms with Crippen molar-refractivity contribution in [1.82, 2.24) is 4.90 Å². The number of halogens is 3. The van der Waals surface area contributed by atoms with Crippen LogP contribution in [-0.4, -0.2) is 23.1 Å². The molecule has 0 atom stereocenters. The summed E-state index contributed by atoms with van der Waals surface area (Å²) in [6, 6.07) is 22.0. The van der Waals surface area contributed by atoms with Crippen LogP contribution in [0.5, 0.6) is 5.75 Å². The van der Waals surface area contributed by atoms with E-state index in [-0.39, 0.29) is 12.3 Å². The van der Waals surface area contributed by atoms with E-state index in [4.69, 9.17) is 9.15 Å². The van der Waals surface area contributed by atoms with E-state index in [1.54, 1.807) is 21.0 Å². The van der Waals surface area contributed by atoms with Gasteiger partial charge in [0.15, 0.2) is 0 Å². The van der Waals surface area contributed by atoms with Gasteiger partial charge < -0.3 is 14.3 Å². The fourth-order valence-corrected chi connectivity index (χ4v) is 5.75. The normalized spacial score (nSPS) is 13.7. The number of ether oxygens (including phenoxy) is 1. The van der Waals surface area contributed by atoms with E-state index in [2.05, 4.69) is 11.0 Å². The van der Waals surface area contributed by atoms with Crippen LogP contribution in [-0.2, 0) is 48.9 Å². The largest absolute Gasteiger partial charge is 0.496 e. The van der Waals surface area contributed by atoms with E-state index < -0.39 is 23.3 Å². The van der Waals surface area contributed by atoms with Gasteiger partial charge in [0.25, 0.3) is 0 Å². The highest BCUT2D eigenvalue weighted by Gasteiger charge is 2.35. The number of alkyl halides is 3.